The van der Waals surface area contributed by atoms with Crippen LogP contribution in [0.3, 0.4) is 0 Å². The monoisotopic (exact) mass is 470 g/mol. The zero-order chi connectivity index (χ0) is 25.0. The smallest absolute Gasteiger partial charge is 0.161 e. The van der Waals surface area contributed by atoms with E-state index >= 15 is 0 Å². The van der Waals surface area contributed by atoms with Gasteiger partial charge in [0.15, 0.2) is 5.82 Å². The number of benzene rings is 1. The summed E-state index contributed by atoms with van der Waals surface area (Å²) < 4.78 is 0. The summed E-state index contributed by atoms with van der Waals surface area (Å²) in [5.74, 6) is 1.59. The third-order valence-electron chi connectivity index (χ3n) is 7.22. The fraction of sp³-hybridized carbons (Fsp3) is 0.414. The number of nitrogens with zero attached hydrogens (tertiary/aromatic N) is 4. The van der Waals surface area contributed by atoms with E-state index in [1.54, 1.807) is 7.05 Å². The van der Waals surface area contributed by atoms with E-state index in [9.17, 15) is 0 Å². The first-order valence-electron chi connectivity index (χ1n) is 12.4. The van der Waals surface area contributed by atoms with Gasteiger partial charge in [-0.1, -0.05) is 36.9 Å². The van der Waals surface area contributed by atoms with Crippen LogP contribution in [0, 0.1) is 5.41 Å². The molecule has 0 aliphatic heterocycles. The van der Waals surface area contributed by atoms with Gasteiger partial charge in [-0.15, -0.1) is 0 Å². The first-order chi connectivity index (χ1) is 16.9. The minimum atomic E-state index is 0.438. The summed E-state index contributed by atoms with van der Waals surface area (Å²) in [6.45, 7) is 6.01. The summed E-state index contributed by atoms with van der Waals surface area (Å²) in [6, 6.07) is 9.45. The molecule has 2 saturated carbocycles. The molecule has 184 valence electrons. The number of nitrogens with one attached hydrogen (secondary N) is 2. The SMILES string of the molecule is C=C/C(=C\N(C)C)c1cccc(-c2ncc(/C(C=NC)=C/C)c(NC3CC4(CC(NC)C4)C3)n2)c1. The second-order valence-electron chi connectivity index (χ2n) is 10.1. The van der Waals surface area contributed by atoms with Gasteiger partial charge in [0, 0.05) is 68.5 Å². The lowest BCUT2D eigenvalue weighted by molar-refractivity contribution is -0.00947. The van der Waals surface area contributed by atoms with E-state index in [2.05, 4.69) is 59.7 Å². The van der Waals surface area contributed by atoms with Crippen LogP contribution in [0.25, 0.3) is 22.5 Å². The Hall–Kier alpha value is -3.25. The Kier molecular flexibility index (Phi) is 7.51. The molecule has 0 bridgehead atoms. The molecule has 0 unspecified atom stereocenters. The highest BCUT2D eigenvalue weighted by Crippen LogP contribution is 2.56. The number of aliphatic imine (C=N–C) groups is 1. The molecule has 2 aromatic rings. The van der Waals surface area contributed by atoms with E-state index in [4.69, 9.17) is 9.97 Å². The van der Waals surface area contributed by atoms with E-state index in [-0.39, 0.29) is 0 Å². The highest BCUT2D eigenvalue weighted by molar-refractivity contribution is 6.11. The maximum atomic E-state index is 5.03. The molecule has 1 aromatic heterocycles. The minimum absolute atomic E-state index is 0.438. The quantitative estimate of drug-likeness (QED) is 0.386. The molecule has 6 heteroatoms. The van der Waals surface area contributed by atoms with Gasteiger partial charge in [0.05, 0.1) is 0 Å². The third-order valence-corrected chi connectivity index (χ3v) is 7.22. The zero-order valence-corrected chi connectivity index (χ0v) is 21.7. The lowest BCUT2D eigenvalue weighted by atomic mass is 9.52. The van der Waals surface area contributed by atoms with Gasteiger partial charge in [-0.3, -0.25) is 4.99 Å². The molecule has 0 amide bonds. The van der Waals surface area contributed by atoms with Crippen molar-refractivity contribution >= 4 is 23.2 Å². The lowest BCUT2D eigenvalue weighted by Crippen LogP contribution is -2.57. The van der Waals surface area contributed by atoms with Crippen molar-refractivity contribution < 1.29 is 0 Å². The van der Waals surface area contributed by atoms with Crippen LogP contribution in [0.4, 0.5) is 5.82 Å². The van der Waals surface area contributed by atoms with E-state index in [1.165, 1.54) is 25.7 Å². The van der Waals surface area contributed by atoms with Crippen molar-refractivity contribution in [3.8, 4) is 11.4 Å². The van der Waals surface area contributed by atoms with Crippen molar-refractivity contribution in [2.75, 3.05) is 33.5 Å². The molecular weight excluding hydrogens is 432 g/mol. The Balaban J connectivity index is 1.64. The number of aromatic nitrogens is 2. The summed E-state index contributed by atoms with van der Waals surface area (Å²) in [4.78, 5) is 16.1. The first kappa shape index (κ1) is 24.9. The third kappa shape index (κ3) is 5.38. The predicted octanol–water partition coefficient (Wildman–Crippen LogP) is 5.28. The number of anilines is 1. The summed E-state index contributed by atoms with van der Waals surface area (Å²) in [6.07, 6.45) is 14.8. The maximum Gasteiger partial charge on any atom is 0.161 e. The number of hydrogen-bond donors (Lipinski definition) is 2. The van der Waals surface area contributed by atoms with Crippen LogP contribution in [0.5, 0.6) is 0 Å². The summed E-state index contributed by atoms with van der Waals surface area (Å²) in [5.41, 5.74) is 5.65. The van der Waals surface area contributed by atoms with Crippen LogP contribution in [0.2, 0.25) is 0 Å². The molecule has 2 aliphatic rings. The van der Waals surface area contributed by atoms with Gasteiger partial charge >= 0.3 is 0 Å². The molecule has 0 radical (unpaired) electrons. The molecule has 1 spiro atoms. The molecule has 2 fully saturated rings. The second kappa shape index (κ2) is 10.6. The highest BCUT2D eigenvalue weighted by Gasteiger charge is 2.52. The van der Waals surface area contributed by atoms with Gasteiger partial charge in [0.25, 0.3) is 0 Å². The van der Waals surface area contributed by atoms with Gasteiger partial charge in [-0.25, -0.2) is 9.97 Å². The number of allylic oxidation sites excluding steroid dienone is 4. The Morgan fingerprint density at radius 2 is 1.91 bits per heavy atom. The molecule has 35 heavy (non-hydrogen) atoms. The standard InChI is InChI=1S/C29H38N6/c1-7-20(17-30-3)26-18-32-27(23-11-9-10-22(12-23)21(8-2)19-35(5)6)34-28(26)33-25-15-29(16-25)13-24(14-29)31-4/h7-12,17-19,24-25,31H,2,13-16H2,1,3-6H3,(H,32,33,34)/b20-7+,21-19+,30-17?. The normalized spacial score (nSPS) is 24.3. The van der Waals surface area contributed by atoms with Crippen molar-refractivity contribution in [1.82, 2.24) is 20.2 Å². The van der Waals surface area contributed by atoms with E-state index in [1.807, 2.05) is 50.5 Å². The van der Waals surface area contributed by atoms with Crippen molar-refractivity contribution in [2.45, 2.75) is 44.7 Å². The molecule has 4 rings (SSSR count). The van der Waals surface area contributed by atoms with Crippen LogP contribution >= 0.6 is 0 Å². The molecule has 6 nitrogen and oxygen atoms in total. The van der Waals surface area contributed by atoms with Crippen molar-refractivity contribution in [1.29, 1.82) is 0 Å². The zero-order valence-electron chi connectivity index (χ0n) is 21.7. The molecule has 0 saturated heterocycles. The van der Waals surface area contributed by atoms with Gasteiger partial charge < -0.3 is 15.5 Å². The molecule has 1 heterocycles. The highest BCUT2D eigenvalue weighted by atomic mass is 15.1. The summed E-state index contributed by atoms with van der Waals surface area (Å²) in [7, 11) is 7.88. The van der Waals surface area contributed by atoms with Crippen LogP contribution in [0.15, 0.2) is 60.4 Å². The fourth-order valence-electron chi connectivity index (χ4n) is 5.45. The first-order valence-corrected chi connectivity index (χ1v) is 12.4. The maximum absolute atomic E-state index is 5.03. The molecule has 2 aliphatic carbocycles. The Bertz CT molecular complexity index is 1150. The average molecular weight is 471 g/mol. The molecule has 1 aromatic carbocycles. The predicted molar refractivity (Wildman–Crippen MR) is 149 cm³/mol. The minimum Gasteiger partial charge on any atom is -0.383 e. The van der Waals surface area contributed by atoms with Crippen molar-refractivity contribution in [3.05, 3.63) is 66.5 Å². The average Bonchev–Trinajstić information content (AvgIpc) is 2.81. The van der Waals surface area contributed by atoms with Gasteiger partial charge in [-0.05, 0) is 62.3 Å². The molecule has 2 N–H and O–H groups in total. The van der Waals surface area contributed by atoms with Gasteiger partial charge in [0.2, 0.25) is 0 Å². The van der Waals surface area contributed by atoms with Crippen LogP contribution in [-0.2, 0) is 0 Å². The van der Waals surface area contributed by atoms with Gasteiger partial charge in [-0.2, -0.15) is 0 Å². The van der Waals surface area contributed by atoms with E-state index in [0.29, 0.717) is 23.3 Å². The molecule has 0 atom stereocenters. The Morgan fingerprint density at radius 3 is 2.54 bits per heavy atom. The summed E-state index contributed by atoms with van der Waals surface area (Å²) in [5, 5.41) is 7.16. The van der Waals surface area contributed by atoms with Crippen LogP contribution in [-0.4, -0.2) is 61.4 Å². The lowest BCUT2D eigenvalue weighted by Gasteiger charge is -2.58. The molecular formula is C29H38N6. The van der Waals surface area contributed by atoms with Crippen molar-refractivity contribution in [3.63, 3.8) is 0 Å². The van der Waals surface area contributed by atoms with E-state index < -0.39 is 0 Å². The Labute approximate surface area is 210 Å². The van der Waals surface area contributed by atoms with Gasteiger partial charge in [0.1, 0.15) is 5.82 Å². The second-order valence-corrected chi connectivity index (χ2v) is 10.1. The van der Waals surface area contributed by atoms with Crippen LogP contribution in [0.1, 0.15) is 43.7 Å². The Morgan fingerprint density at radius 1 is 1.17 bits per heavy atom. The fourth-order valence-corrected chi connectivity index (χ4v) is 5.45. The van der Waals surface area contributed by atoms with Crippen molar-refractivity contribution in [2.24, 2.45) is 10.4 Å². The van der Waals surface area contributed by atoms with E-state index in [0.717, 1.165) is 33.7 Å². The number of rotatable bonds is 9. The van der Waals surface area contributed by atoms with Crippen LogP contribution < -0.4 is 10.6 Å². The summed E-state index contributed by atoms with van der Waals surface area (Å²) >= 11 is 0. The largest absolute Gasteiger partial charge is 0.383 e. The topological polar surface area (TPSA) is 65.4 Å². The number of hydrogen-bond acceptors (Lipinski definition) is 6.